The molecule has 5 nitrogen and oxygen atoms in total. The Kier molecular flexibility index (Phi) is 4.65. The molecular formula is C14H24N4OS. The van der Waals surface area contributed by atoms with Crippen LogP contribution in [-0.2, 0) is 0 Å². The van der Waals surface area contributed by atoms with Gasteiger partial charge in [0, 0.05) is 38.1 Å². The lowest BCUT2D eigenvalue weighted by atomic mass is 10.2. The third kappa shape index (κ3) is 3.12. The van der Waals surface area contributed by atoms with Gasteiger partial charge in [-0.15, -0.1) is 11.3 Å². The molecule has 1 aliphatic heterocycles. The van der Waals surface area contributed by atoms with Crippen molar-refractivity contribution in [1.82, 2.24) is 19.7 Å². The number of hydrogen-bond acceptors (Lipinski definition) is 4. The second-order valence-corrected chi connectivity index (χ2v) is 6.94. The summed E-state index contributed by atoms with van der Waals surface area (Å²) in [6.45, 7) is 9.64. The van der Waals surface area contributed by atoms with Gasteiger partial charge >= 0.3 is 6.03 Å². The molecule has 0 N–H and O–H groups in total. The van der Waals surface area contributed by atoms with E-state index in [0.29, 0.717) is 0 Å². The van der Waals surface area contributed by atoms with Gasteiger partial charge in [-0.3, -0.25) is 0 Å². The number of rotatable bonds is 2. The van der Waals surface area contributed by atoms with E-state index in [1.165, 1.54) is 4.88 Å². The minimum atomic E-state index is 0.0205. The van der Waals surface area contributed by atoms with Crippen LogP contribution in [0.15, 0.2) is 0 Å². The molecule has 1 aromatic heterocycles. The molecule has 0 aliphatic carbocycles. The molecule has 1 fully saturated rings. The van der Waals surface area contributed by atoms with Gasteiger partial charge in [-0.05, 0) is 27.8 Å². The Morgan fingerprint density at radius 2 is 1.90 bits per heavy atom. The quantitative estimate of drug-likeness (QED) is 0.839. The summed E-state index contributed by atoms with van der Waals surface area (Å²) in [5.41, 5.74) is 1.03. The molecule has 1 saturated heterocycles. The van der Waals surface area contributed by atoms with Gasteiger partial charge in [0.15, 0.2) is 0 Å². The molecule has 0 aromatic carbocycles. The standard InChI is InChI=1S/C14H24N4OS/c1-10(13-11(2)20-12(3)15-13)17(5)14(19)18-8-6-16(4)7-9-18/h10H,6-9H2,1-5H3. The van der Waals surface area contributed by atoms with Crippen molar-refractivity contribution in [2.45, 2.75) is 26.8 Å². The fourth-order valence-electron chi connectivity index (χ4n) is 2.50. The van der Waals surface area contributed by atoms with Crippen molar-refractivity contribution in [3.63, 3.8) is 0 Å². The van der Waals surface area contributed by atoms with Gasteiger partial charge in [0.05, 0.1) is 16.7 Å². The maximum atomic E-state index is 12.5. The Morgan fingerprint density at radius 3 is 2.40 bits per heavy atom. The summed E-state index contributed by atoms with van der Waals surface area (Å²) in [5, 5.41) is 1.06. The average Bonchev–Trinajstić information content (AvgIpc) is 2.76. The van der Waals surface area contributed by atoms with E-state index in [4.69, 9.17) is 0 Å². The van der Waals surface area contributed by atoms with Crippen LogP contribution in [-0.4, -0.2) is 66.0 Å². The second-order valence-electron chi connectivity index (χ2n) is 5.53. The number of thiazole rings is 1. The zero-order chi connectivity index (χ0) is 14.9. The SMILES string of the molecule is Cc1nc(C(C)N(C)C(=O)N2CCN(C)CC2)c(C)s1. The molecule has 2 rings (SSSR count). The fourth-order valence-corrected chi connectivity index (χ4v) is 3.41. The van der Waals surface area contributed by atoms with Gasteiger partial charge < -0.3 is 14.7 Å². The fraction of sp³-hybridized carbons (Fsp3) is 0.714. The smallest absolute Gasteiger partial charge is 0.320 e. The average molecular weight is 296 g/mol. The predicted octanol–water partition coefficient (Wildman–Crippen LogP) is 2.12. The highest BCUT2D eigenvalue weighted by Gasteiger charge is 2.27. The van der Waals surface area contributed by atoms with Gasteiger partial charge in [-0.2, -0.15) is 0 Å². The van der Waals surface area contributed by atoms with Crippen molar-refractivity contribution in [1.29, 1.82) is 0 Å². The van der Waals surface area contributed by atoms with Gasteiger partial charge in [0.25, 0.3) is 0 Å². The number of nitrogens with zero attached hydrogens (tertiary/aromatic N) is 4. The van der Waals surface area contributed by atoms with Gasteiger partial charge in [0.1, 0.15) is 0 Å². The van der Waals surface area contributed by atoms with Crippen LogP contribution in [0, 0.1) is 13.8 Å². The van der Waals surface area contributed by atoms with Gasteiger partial charge in [0.2, 0.25) is 0 Å². The minimum Gasteiger partial charge on any atom is -0.322 e. The van der Waals surface area contributed by atoms with Crippen LogP contribution >= 0.6 is 11.3 Å². The molecule has 6 heteroatoms. The largest absolute Gasteiger partial charge is 0.322 e. The molecule has 1 aliphatic rings. The number of amides is 2. The van der Waals surface area contributed by atoms with Gasteiger partial charge in [-0.25, -0.2) is 9.78 Å². The van der Waals surface area contributed by atoms with Crippen LogP contribution in [0.5, 0.6) is 0 Å². The van der Waals surface area contributed by atoms with E-state index in [1.807, 2.05) is 23.8 Å². The summed E-state index contributed by atoms with van der Waals surface area (Å²) in [6, 6.07) is 0.128. The summed E-state index contributed by atoms with van der Waals surface area (Å²) in [6.07, 6.45) is 0. The normalized spacial score (nSPS) is 18.1. The zero-order valence-corrected chi connectivity index (χ0v) is 13.8. The first-order valence-electron chi connectivity index (χ1n) is 7.04. The molecule has 1 unspecified atom stereocenters. The monoisotopic (exact) mass is 296 g/mol. The van der Waals surface area contributed by atoms with Crippen LogP contribution in [0.4, 0.5) is 4.79 Å². The maximum Gasteiger partial charge on any atom is 0.320 e. The maximum absolute atomic E-state index is 12.5. The Labute approximate surface area is 125 Å². The summed E-state index contributed by atoms with van der Waals surface area (Å²) < 4.78 is 0. The van der Waals surface area contributed by atoms with E-state index >= 15 is 0 Å². The lowest BCUT2D eigenvalue weighted by Crippen LogP contribution is -2.51. The molecule has 20 heavy (non-hydrogen) atoms. The number of aromatic nitrogens is 1. The molecule has 0 spiro atoms. The molecule has 2 amide bonds. The number of urea groups is 1. The molecule has 2 heterocycles. The number of aryl methyl sites for hydroxylation is 2. The number of carbonyl (C=O) groups is 1. The van der Waals surface area contributed by atoms with E-state index < -0.39 is 0 Å². The predicted molar refractivity (Wildman–Crippen MR) is 82.2 cm³/mol. The summed E-state index contributed by atoms with van der Waals surface area (Å²) in [7, 11) is 3.97. The van der Waals surface area contributed by atoms with Crippen LogP contribution in [0.1, 0.15) is 28.5 Å². The third-order valence-electron chi connectivity index (χ3n) is 3.99. The van der Waals surface area contributed by atoms with E-state index in [2.05, 4.69) is 30.8 Å². The van der Waals surface area contributed by atoms with Crippen molar-refractivity contribution in [2.75, 3.05) is 40.3 Å². The summed E-state index contributed by atoms with van der Waals surface area (Å²) in [4.78, 5) is 24.3. The van der Waals surface area contributed by atoms with Crippen molar-refractivity contribution >= 4 is 17.4 Å². The first-order valence-corrected chi connectivity index (χ1v) is 7.86. The molecule has 0 saturated carbocycles. The number of likely N-dealkylation sites (N-methyl/N-ethyl adjacent to an activating group) is 1. The molecule has 0 radical (unpaired) electrons. The van der Waals surface area contributed by atoms with E-state index in [1.54, 1.807) is 11.3 Å². The highest BCUT2D eigenvalue weighted by molar-refractivity contribution is 7.11. The molecular weight excluding hydrogens is 272 g/mol. The van der Waals surface area contributed by atoms with Crippen LogP contribution in [0.2, 0.25) is 0 Å². The topological polar surface area (TPSA) is 39.7 Å². The van der Waals surface area contributed by atoms with E-state index in [9.17, 15) is 4.79 Å². The first-order chi connectivity index (χ1) is 9.40. The molecule has 1 atom stereocenters. The van der Waals surface area contributed by atoms with Crippen molar-refractivity contribution in [3.05, 3.63) is 15.6 Å². The highest BCUT2D eigenvalue weighted by atomic mass is 32.1. The molecule has 1 aromatic rings. The number of carbonyl (C=O) groups excluding carboxylic acids is 1. The molecule has 0 bridgehead atoms. The lowest BCUT2D eigenvalue weighted by molar-refractivity contribution is 0.119. The van der Waals surface area contributed by atoms with Crippen molar-refractivity contribution in [2.24, 2.45) is 0 Å². The summed E-state index contributed by atoms with van der Waals surface area (Å²) >= 11 is 1.69. The van der Waals surface area contributed by atoms with E-state index in [-0.39, 0.29) is 12.1 Å². The summed E-state index contributed by atoms with van der Waals surface area (Å²) in [5.74, 6) is 0. The lowest BCUT2D eigenvalue weighted by Gasteiger charge is -2.36. The van der Waals surface area contributed by atoms with Crippen LogP contribution < -0.4 is 0 Å². The highest BCUT2D eigenvalue weighted by Crippen LogP contribution is 2.26. The van der Waals surface area contributed by atoms with Crippen molar-refractivity contribution in [3.8, 4) is 0 Å². The Balaban J connectivity index is 2.04. The minimum absolute atomic E-state index is 0.0205. The Bertz CT molecular complexity index is 480. The first kappa shape index (κ1) is 15.3. The third-order valence-corrected chi connectivity index (χ3v) is 4.89. The zero-order valence-electron chi connectivity index (χ0n) is 13.0. The van der Waals surface area contributed by atoms with Crippen molar-refractivity contribution < 1.29 is 4.79 Å². The number of piperazine rings is 1. The van der Waals surface area contributed by atoms with Gasteiger partial charge in [-0.1, -0.05) is 0 Å². The van der Waals surface area contributed by atoms with Crippen LogP contribution in [0.3, 0.4) is 0 Å². The van der Waals surface area contributed by atoms with E-state index in [0.717, 1.165) is 36.9 Å². The second kappa shape index (κ2) is 6.10. The molecule has 112 valence electrons. The Morgan fingerprint density at radius 1 is 1.30 bits per heavy atom. The number of hydrogen-bond donors (Lipinski definition) is 0. The van der Waals surface area contributed by atoms with Crippen LogP contribution in [0.25, 0.3) is 0 Å². The Hall–Kier alpha value is -1.14.